The van der Waals surface area contributed by atoms with Crippen LogP contribution in [0.4, 0.5) is 11.4 Å². The molecule has 1 saturated heterocycles. The van der Waals surface area contributed by atoms with Crippen molar-refractivity contribution in [1.29, 1.82) is 0 Å². The average Bonchev–Trinajstić information content (AvgIpc) is 3.64. The number of benzene rings is 3. The maximum atomic E-state index is 13.3. The molecule has 4 aromatic rings. The van der Waals surface area contributed by atoms with Crippen LogP contribution in [0.2, 0.25) is 0 Å². The number of carbonyl (C=O) groups excluding carboxylic acids is 5. The first kappa shape index (κ1) is 30.1. The fraction of sp³-hybridized carbons (Fsp3) is 0.121. The lowest BCUT2D eigenvalue weighted by Gasteiger charge is -2.15. The third-order valence-electron chi connectivity index (χ3n) is 6.47. The number of ether oxygens (including phenoxy) is 1. The molecule has 0 radical (unpaired) electrons. The van der Waals surface area contributed by atoms with Gasteiger partial charge in [0.2, 0.25) is 11.8 Å². The van der Waals surface area contributed by atoms with Gasteiger partial charge in [0.05, 0.1) is 29.4 Å². The number of nitrogens with one attached hydrogen (secondary N) is 2. The van der Waals surface area contributed by atoms with Gasteiger partial charge in [-0.25, -0.2) is 9.69 Å². The Hall–Kier alpha value is -5.42. The summed E-state index contributed by atoms with van der Waals surface area (Å²) in [5.74, 6) is -1.91. The van der Waals surface area contributed by atoms with E-state index in [1.54, 1.807) is 73.7 Å². The van der Waals surface area contributed by atoms with Crippen LogP contribution in [-0.2, 0) is 19.1 Å². The number of esters is 1. The zero-order valence-corrected chi connectivity index (χ0v) is 24.3. The van der Waals surface area contributed by atoms with Crippen LogP contribution in [0, 0.1) is 0 Å². The molecule has 44 heavy (non-hydrogen) atoms. The lowest BCUT2D eigenvalue weighted by molar-refractivity contribution is -0.121. The summed E-state index contributed by atoms with van der Waals surface area (Å²) < 4.78 is 10.3. The molecule has 11 heteroatoms. The van der Waals surface area contributed by atoms with Gasteiger partial charge in [0, 0.05) is 28.6 Å². The highest BCUT2D eigenvalue weighted by Gasteiger charge is 2.40. The van der Waals surface area contributed by atoms with Crippen molar-refractivity contribution in [3.8, 4) is 0 Å². The van der Waals surface area contributed by atoms with E-state index in [4.69, 9.17) is 9.15 Å². The van der Waals surface area contributed by atoms with Crippen LogP contribution in [0.1, 0.15) is 39.8 Å². The van der Waals surface area contributed by atoms with Crippen molar-refractivity contribution >= 4 is 58.8 Å². The third kappa shape index (κ3) is 7.13. The van der Waals surface area contributed by atoms with Crippen LogP contribution in [-0.4, -0.2) is 41.5 Å². The molecule has 1 aromatic heterocycles. The van der Waals surface area contributed by atoms with Gasteiger partial charge in [-0.05, 0) is 73.7 Å². The topological polar surface area (TPSA) is 135 Å². The fourth-order valence-electron chi connectivity index (χ4n) is 4.40. The van der Waals surface area contributed by atoms with Crippen molar-refractivity contribution in [2.45, 2.75) is 23.5 Å². The van der Waals surface area contributed by atoms with E-state index in [0.717, 1.165) is 4.90 Å². The molecule has 0 saturated carbocycles. The number of rotatable bonds is 10. The summed E-state index contributed by atoms with van der Waals surface area (Å²) in [5, 5.41) is 4.74. The summed E-state index contributed by atoms with van der Waals surface area (Å²) in [6, 6.07) is 24.7. The number of nitrogens with zero attached hydrogens (tertiary/aromatic N) is 1. The van der Waals surface area contributed by atoms with Gasteiger partial charge in [-0.1, -0.05) is 24.3 Å². The van der Waals surface area contributed by atoms with E-state index in [2.05, 4.69) is 10.6 Å². The SMILES string of the molecule is CCOC(=O)c1ccc(N2C(=O)C[C@@H](Sc3cccc(NC(=O)/C(=C/c4ccco4)NC(=O)c4ccccc4)c3)C2=O)cc1. The Bertz CT molecular complexity index is 1720. The van der Waals surface area contributed by atoms with E-state index in [-0.39, 0.29) is 30.5 Å². The van der Waals surface area contributed by atoms with E-state index in [9.17, 15) is 24.0 Å². The van der Waals surface area contributed by atoms with E-state index < -0.39 is 23.0 Å². The maximum absolute atomic E-state index is 13.3. The van der Waals surface area contributed by atoms with Gasteiger partial charge >= 0.3 is 5.97 Å². The first-order chi connectivity index (χ1) is 21.3. The van der Waals surface area contributed by atoms with Crippen molar-refractivity contribution in [2.24, 2.45) is 0 Å². The van der Waals surface area contributed by atoms with Crippen LogP contribution >= 0.6 is 11.8 Å². The number of furan rings is 1. The molecule has 1 aliphatic heterocycles. The predicted molar refractivity (Wildman–Crippen MR) is 165 cm³/mol. The molecule has 2 N–H and O–H groups in total. The molecule has 3 aromatic carbocycles. The van der Waals surface area contributed by atoms with Gasteiger partial charge < -0.3 is 19.8 Å². The predicted octanol–water partition coefficient (Wildman–Crippen LogP) is 5.29. The van der Waals surface area contributed by atoms with Crippen molar-refractivity contribution in [1.82, 2.24) is 5.32 Å². The molecule has 0 aliphatic carbocycles. The normalized spacial score (nSPS) is 14.8. The molecule has 1 fully saturated rings. The van der Waals surface area contributed by atoms with Gasteiger partial charge in [-0.15, -0.1) is 11.8 Å². The van der Waals surface area contributed by atoms with Crippen LogP contribution in [0.3, 0.4) is 0 Å². The Labute approximate surface area is 257 Å². The Balaban J connectivity index is 1.27. The minimum atomic E-state index is -0.683. The first-order valence-corrected chi connectivity index (χ1v) is 14.5. The maximum Gasteiger partial charge on any atom is 0.338 e. The molecule has 1 aliphatic rings. The van der Waals surface area contributed by atoms with E-state index in [0.29, 0.717) is 33.2 Å². The molecular formula is C33H27N3O7S. The Morgan fingerprint density at radius 1 is 0.955 bits per heavy atom. The second-order valence-electron chi connectivity index (χ2n) is 9.52. The van der Waals surface area contributed by atoms with E-state index >= 15 is 0 Å². The fourth-order valence-corrected chi connectivity index (χ4v) is 5.51. The summed E-state index contributed by atoms with van der Waals surface area (Å²) in [6.07, 6.45) is 2.86. The highest BCUT2D eigenvalue weighted by atomic mass is 32.2. The molecule has 0 unspecified atom stereocenters. The zero-order chi connectivity index (χ0) is 31.1. The first-order valence-electron chi connectivity index (χ1n) is 13.7. The van der Waals surface area contributed by atoms with Gasteiger partial charge in [0.25, 0.3) is 11.8 Å². The Kier molecular flexibility index (Phi) is 9.36. The number of carbonyl (C=O) groups is 5. The summed E-state index contributed by atoms with van der Waals surface area (Å²) in [5.41, 5.74) is 1.45. The second-order valence-corrected chi connectivity index (χ2v) is 10.8. The van der Waals surface area contributed by atoms with Crippen molar-refractivity contribution in [3.63, 3.8) is 0 Å². The van der Waals surface area contributed by atoms with Gasteiger partial charge in [0.15, 0.2) is 0 Å². The summed E-state index contributed by atoms with van der Waals surface area (Å²) in [4.78, 5) is 65.8. The lowest BCUT2D eigenvalue weighted by Crippen LogP contribution is -2.31. The number of hydrogen-bond acceptors (Lipinski definition) is 8. The van der Waals surface area contributed by atoms with Crippen molar-refractivity contribution < 1.29 is 33.1 Å². The molecule has 0 spiro atoms. The minimum absolute atomic E-state index is 0.0126. The average molecular weight is 610 g/mol. The van der Waals surface area contributed by atoms with Crippen molar-refractivity contribution in [3.05, 3.63) is 120 Å². The summed E-state index contributed by atoms with van der Waals surface area (Å²) >= 11 is 1.20. The Morgan fingerprint density at radius 2 is 1.73 bits per heavy atom. The van der Waals surface area contributed by atoms with Gasteiger partial charge in [0.1, 0.15) is 11.5 Å². The number of hydrogen-bond donors (Lipinski definition) is 2. The van der Waals surface area contributed by atoms with Gasteiger partial charge in [-0.2, -0.15) is 0 Å². The molecule has 5 rings (SSSR count). The molecule has 10 nitrogen and oxygen atoms in total. The van der Waals surface area contributed by atoms with Crippen LogP contribution in [0.15, 0.2) is 112 Å². The molecule has 222 valence electrons. The zero-order valence-electron chi connectivity index (χ0n) is 23.5. The largest absolute Gasteiger partial charge is 0.465 e. The van der Waals surface area contributed by atoms with Crippen LogP contribution in [0.5, 0.6) is 0 Å². The quantitative estimate of drug-likeness (QED) is 0.141. The highest BCUT2D eigenvalue weighted by Crippen LogP contribution is 2.35. The number of imide groups is 1. The molecule has 2 heterocycles. The lowest BCUT2D eigenvalue weighted by atomic mass is 10.2. The van der Waals surface area contributed by atoms with E-state index in [1.165, 1.54) is 48.4 Å². The standard InChI is InChI=1S/C33H27N3O7S/c1-2-42-33(41)22-13-15-24(16-14-22)36-29(37)20-28(32(36)40)44-26-12-6-10-23(18-26)34-31(39)27(19-25-11-7-17-43-25)35-30(38)21-8-4-3-5-9-21/h3-19,28H,2,20H2,1H3,(H,34,39)(H,35,38)/b27-19-/t28-/m1/s1. The molecular weight excluding hydrogens is 582 g/mol. The number of amides is 4. The number of thioether (sulfide) groups is 1. The minimum Gasteiger partial charge on any atom is -0.465 e. The summed E-state index contributed by atoms with van der Waals surface area (Å²) in [7, 11) is 0. The van der Waals surface area contributed by atoms with Crippen LogP contribution < -0.4 is 15.5 Å². The monoisotopic (exact) mass is 609 g/mol. The van der Waals surface area contributed by atoms with E-state index in [1.807, 2.05) is 0 Å². The Morgan fingerprint density at radius 3 is 2.43 bits per heavy atom. The van der Waals surface area contributed by atoms with Crippen LogP contribution in [0.25, 0.3) is 6.08 Å². The number of anilines is 2. The molecule has 1 atom stereocenters. The smallest absolute Gasteiger partial charge is 0.338 e. The molecule has 0 bridgehead atoms. The third-order valence-corrected chi connectivity index (χ3v) is 7.65. The highest BCUT2D eigenvalue weighted by molar-refractivity contribution is 8.00. The molecule has 4 amide bonds. The second kappa shape index (κ2) is 13.7. The van der Waals surface area contributed by atoms with Gasteiger partial charge in [-0.3, -0.25) is 19.2 Å². The summed E-state index contributed by atoms with van der Waals surface area (Å²) in [6.45, 7) is 1.94. The van der Waals surface area contributed by atoms with Crippen molar-refractivity contribution in [2.75, 3.05) is 16.8 Å².